The molecular weight excluding hydrogens is 498 g/mol. The van der Waals surface area contributed by atoms with Gasteiger partial charge in [0.05, 0.1) is 37.7 Å². The molecule has 0 fully saturated rings. The number of nitrogens with one attached hydrogen (secondary N) is 1. The van der Waals surface area contributed by atoms with Crippen LogP contribution in [-0.4, -0.2) is 29.2 Å². The summed E-state index contributed by atoms with van der Waals surface area (Å²) in [4.78, 5) is 17.6. The summed E-state index contributed by atoms with van der Waals surface area (Å²) in [5.41, 5.74) is 6.25. The normalized spacial score (nSPS) is 10.8. The van der Waals surface area contributed by atoms with Gasteiger partial charge in [-0.25, -0.2) is 4.98 Å². The van der Waals surface area contributed by atoms with Gasteiger partial charge in [0.1, 0.15) is 12.4 Å². The molecule has 0 radical (unpaired) electrons. The Kier molecular flexibility index (Phi) is 8.57. The van der Waals surface area contributed by atoms with Crippen LogP contribution >= 0.6 is 0 Å². The zero-order valence-electron chi connectivity index (χ0n) is 22.7. The van der Waals surface area contributed by atoms with Gasteiger partial charge in [0.25, 0.3) is 0 Å². The van der Waals surface area contributed by atoms with Crippen molar-refractivity contribution in [3.63, 3.8) is 0 Å². The Hall–Kier alpha value is -4.84. The van der Waals surface area contributed by atoms with E-state index in [0.717, 1.165) is 45.5 Å². The molecule has 40 heavy (non-hydrogen) atoms. The Morgan fingerprint density at radius 1 is 0.900 bits per heavy atom. The van der Waals surface area contributed by atoms with Gasteiger partial charge >= 0.3 is 0 Å². The number of para-hydroxylation sites is 2. The van der Waals surface area contributed by atoms with Crippen molar-refractivity contribution in [2.45, 2.75) is 25.9 Å². The molecule has 0 unspecified atom stereocenters. The molecule has 5 rings (SSSR count). The van der Waals surface area contributed by atoms with Crippen LogP contribution < -0.4 is 14.8 Å². The van der Waals surface area contributed by atoms with Crippen LogP contribution in [0.4, 0.5) is 0 Å². The number of amides is 1. The fraction of sp³-hybridized carbons (Fsp3) is 0.176. The molecule has 0 aliphatic rings. The molecule has 1 heterocycles. The average Bonchev–Trinajstić information content (AvgIpc) is 3.35. The number of allylic oxidation sites excluding steroid dienone is 1. The first kappa shape index (κ1) is 26.8. The molecular formula is C34H33N3O3. The van der Waals surface area contributed by atoms with Crippen LogP contribution in [-0.2, 0) is 30.7 Å². The van der Waals surface area contributed by atoms with Crippen LogP contribution in [0.3, 0.4) is 0 Å². The third-order valence-corrected chi connectivity index (χ3v) is 6.78. The monoisotopic (exact) mass is 531 g/mol. The molecule has 6 nitrogen and oxygen atoms in total. The third kappa shape index (κ3) is 6.41. The molecule has 0 saturated heterocycles. The molecule has 0 bridgehead atoms. The summed E-state index contributed by atoms with van der Waals surface area (Å²) >= 11 is 0. The van der Waals surface area contributed by atoms with E-state index in [1.165, 1.54) is 0 Å². The summed E-state index contributed by atoms with van der Waals surface area (Å²) in [5, 5.41) is 3.05. The van der Waals surface area contributed by atoms with Gasteiger partial charge < -0.3 is 19.4 Å². The maximum atomic E-state index is 12.8. The number of carbonyl (C=O) groups excluding carboxylic acids is 1. The summed E-state index contributed by atoms with van der Waals surface area (Å²) in [6.45, 7) is 5.12. The number of rotatable bonds is 12. The second kappa shape index (κ2) is 12.8. The summed E-state index contributed by atoms with van der Waals surface area (Å²) in [6.07, 6.45) is 2.94. The SMILES string of the molecule is C=CCc1ccc(OCCn2c(CNC(=O)Cc3ccc(-c4ccccc4)cc3)nc3ccccc32)c(OC)c1. The number of imidazole rings is 1. The lowest BCUT2D eigenvalue weighted by Gasteiger charge is -2.14. The van der Waals surface area contributed by atoms with Gasteiger partial charge in [0.2, 0.25) is 5.91 Å². The highest BCUT2D eigenvalue weighted by Gasteiger charge is 2.13. The van der Waals surface area contributed by atoms with Crippen molar-refractivity contribution in [3.05, 3.63) is 127 Å². The van der Waals surface area contributed by atoms with Gasteiger partial charge in [-0.15, -0.1) is 6.58 Å². The van der Waals surface area contributed by atoms with E-state index in [1.54, 1.807) is 7.11 Å². The topological polar surface area (TPSA) is 65.4 Å². The van der Waals surface area contributed by atoms with Crippen molar-refractivity contribution in [3.8, 4) is 22.6 Å². The molecule has 6 heteroatoms. The van der Waals surface area contributed by atoms with Crippen LogP contribution in [0.1, 0.15) is 17.0 Å². The maximum absolute atomic E-state index is 12.8. The van der Waals surface area contributed by atoms with E-state index in [1.807, 2.05) is 78.9 Å². The highest BCUT2D eigenvalue weighted by atomic mass is 16.5. The van der Waals surface area contributed by atoms with E-state index in [2.05, 4.69) is 40.7 Å². The molecule has 0 aliphatic carbocycles. The lowest BCUT2D eigenvalue weighted by atomic mass is 10.0. The number of ether oxygens (including phenoxy) is 2. The highest BCUT2D eigenvalue weighted by Crippen LogP contribution is 2.28. The molecule has 5 aromatic rings. The number of benzene rings is 4. The molecule has 1 N–H and O–H groups in total. The van der Waals surface area contributed by atoms with Gasteiger partial charge in [-0.05, 0) is 52.9 Å². The van der Waals surface area contributed by atoms with Crippen LogP contribution in [0, 0.1) is 0 Å². The summed E-state index contributed by atoms with van der Waals surface area (Å²) < 4.78 is 13.7. The third-order valence-electron chi connectivity index (χ3n) is 6.78. The molecule has 0 atom stereocenters. The Morgan fingerprint density at radius 2 is 1.62 bits per heavy atom. The zero-order valence-corrected chi connectivity index (χ0v) is 22.7. The highest BCUT2D eigenvalue weighted by molar-refractivity contribution is 5.79. The Bertz CT molecular complexity index is 1590. The van der Waals surface area contributed by atoms with Crippen molar-refractivity contribution in [2.75, 3.05) is 13.7 Å². The van der Waals surface area contributed by atoms with Gasteiger partial charge in [0, 0.05) is 0 Å². The molecule has 0 spiro atoms. The maximum Gasteiger partial charge on any atom is 0.224 e. The van der Waals surface area contributed by atoms with Gasteiger partial charge in [-0.3, -0.25) is 4.79 Å². The first-order valence-electron chi connectivity index (χ1n) is 13.4. The first-order chi connectivity index (χ1) is 19.6. The second-order valence-corrected chi connectivity index (χ2v) is 9.51. The predicted octanol–water partition coefficient (Wildman–Crippen LogP) is 6.38. The zero-order chi connectivity index (χ0) is 27.7. The fourth-order valence-corrected chi connectivity index (χ4v) is 4.75. The summed E-state index contributed by atoms with van der Waals surface area (Å²) in [6, 6.07) is 32.2. The number of methoxy groups -OCH3 is 1. The first-order valence-corrected chi connectivity index (χ1v) is 13.4. The number of hydrogen-bond donors (Lipinski definition) is 1. The smallest absolute Gasteiger partial charge is 0.224 e. The lowest BCUT2D eigenvalue weighted by Crippen LogP contribution is -2.26. The standard InChI is InChI=1S/C34H33N3O3/c1-3-9-25-16-19-31(32(22-25)39-2)40-21-20-37-30-13-8-7-12-29(30)36-33(37)24-35-34(38)23-26-14-17-28(18-15-26)27-10-5-4-6-11-27/h3-8,10-19,22H,1,9,20-21,23-24H2,2H3,(H,35,38). The van der Waals surface area contributed by atoms with E-state index in [0.29, 0.717) is 37.6 Å². The van der Waals surface area contributed by atoms with Gasteiger partial charge in [-0.2, -0.15) is 0 Å². The predicted molar refractivity (Wildman–Crippen MR) is 160 cm³/mol. The summed E-state index contributed by atoms with van der Waals surface area (Å²) in [7, 11) is 1.64. The largest absolute Gasteiger partial charge is 0.493 e. The van der Waals surface area contributed by atoms with E-state index < -0.39 is 0 Å². The molecule has 202 valence electrons. The lowest BCUT2D eigenvalue weighted by molar-refractivity contribution is -0.120. The average molecular weight is 532 g/mol. The van der Waals surface area contributed by atoms with Crippen molar-refractivity contribution in [1.29, 1.82) is 0 Å². The minimum Gasteiger partial charge on any atom is -0.493 e. The molecule has 0 saturated carbocycles. The van der Waals surface area contributed by atoms with Crippen molar-refractivity contribution in [1.82, 2.24) is 14.9 Å². The van der Waals surface area contributed by atoms with Crippen molar-refractivity contribution in [2.24, 2.45) is 0 Å². The van der Waals surface area contributed by atoms with E-state index in [9.17, 15) is 4.79 Å². The van der Waals surface area contributed by atoms with Crippen LogP contribution in [0.15, 0.2) is 110 Å². The minimum absolute atomic E-state index is 0.0494. The van der Waals surface area contributed by atoms with Crippen molar-refractivity contribution < 1.29 is 14.3 Å². The van der Waals surface area contributed by atoms with E-state index in [4.69, 9.17) is 14.5 Å². The molecule has 1 amide bonds. The number of aromatic nitrogens is 2. The number of hydrogen-bond acceptors (Lipinski definition) is 4. The van der Waals surface area contributed by atoms with Crippen molar-refractivity contribution >= 4 is 16.9 Å². The minimum atomic E-state index is -0.0494. The van der Waals surface area contributed by atoms with Crippen LogP contribution in [0.25, 0.3) is 22.2 Å². The van der Waals surface area contributed by atoms with E-state index >= 15 is 0 Å². The van der Waals surface area contributed by atoms with Crippen LogP contribution in [0.5, 0.6) is 11.5 Å². The Labute approximate surface area is 234 Å². The van der Waals surface area contributed by atoms with Gasteiger partial charge in [-0.1, -0.05) is 78.9 Å². The van der Waals surface area contributed by atoms with Crippen LogP contribution in [0.2, 0.25) is 0 Å². The number of fused-ring (bicyclic) bond motifs is 1. The van der Waals surface area contributed by atoms with Gasteiger partial charge in [0.15, 0.2) is 11.5 Å². The molecule has 1 aromatic heterocycles. The molecule has 0 aliphatic heterocycles. The Morgan fingerprint density at radius 3 is 2.40 bits per heavy atom. The summed E-state index contributed by atoms with van der Waals surface area (Å²) in [5.74, 6) is 2.12. The number of nitrogens with zero attached hydrogens (tertiary/aromatic N) is 2. The van der Waals surface area contributed by atoms with E-state index in [-0.39, 0.29) is 5.91 Å². The quantitative estimate of drug-likeness (QED) is 0.190. The fourth-order valence-electron chi connectivity index (χ4n) is 4.75. The Balaban J connectivity index is 1.22. The number of carbonyl (C=O) groups is 1. The second-order valence-electron chi connectivity index (χ2n) is 9.51. The molecule has 4 aromatic carbocycles.